The highest BCUT2D eigenvalue weighted by Crippen LogP contribution is 2.09. The summed E-state index contributed by atoms with van der Waals surface area (Å²) >= 11 is 0. The lowest BCUT2D eigenvalue weighted by atomic mass is 10.0. The molecular formula is C12H23F2N3O2. The predicted molar refractivity (Wildman–Crippen MR) is 68.1 cm³/mol. The van der Waals surface area contributed by atoms with Gasteiger partial charge in [-0.1, -0.05) is 0 Å². The SMILES string of the molecule is NCCN1CCC(NC(=O)CCOCC(F)F)CC1. The fraction of sp³-hybridized carbons (Fsp3) is 0.917. The molecule has 0 aliphatic carbocycles. The summed E-state index contributed by atoms with van der Waals surface area (Å²) in [5.74, 6) is -0.133. The van der Waals surface area contributed by atoms with Gasteiger partial charge in [0.05, 0.1) is 6.61 Å². The Labute approximate surface area is 112 Å². The number of nitrogens with one attached hydrogen (secondary N) is 1. The molecule has 0 saturated carbocycles. The van der Waals surface area contributed by atoms with Crippen LogP contribution in [0.4, 0.5) is 8.78 Å². The smallest absolute Gasteiger partial charge is 0.261 e. The maximum Gasteiger partial charge on any atom is 0.261 e. The molecule has 0 unspecified atom stereocenters. The van der Waals surface area contributed by atoms with Crippen molar-refractivity contribution in [2.45, 2.75) is 31.7 Å². The summed E-state index contributed by atoms with van der Waals surface area (Å²) in [6, 6.07) is 0.177. The minimum Gasteiger partial charge on any atom is -0.375 e. The Balaban J connectivity index is 2.06. The van der Waals surface area contributed by atoms with Crippen LogP contribution in [0.5, 0.6) is 0 Å². The lowest BCUT2D eigenvalue weighted by Gasteiger charge is -2.32. The lowest BCUT2D eigenvalue weighted by Crippen LogP contribution is -2.45. The van der Waals surface area contributed by atoms with Crippen molar-refractivity contribution in [3.63, 3.8) is 0 Å². The zero-order valence-corrected chi connectivity index (χ0v) is 11.1. The molecule has 0 aromatic heterocycles. The van der Waals surface area contributed by atoms with E-state index in [1.807, 2.05) is 0 Å². The van der Waals surface area contributed by atoms with Gasteiger partial charge in [-0.05, 0) is 12.8 Å². The average molecular weight is 279 g/mol. The number of nitrogens with zero attached hydrogens (tertiary/aromatic N) is 1. The third-order valence-electron chi connectivity index (χ3n) is 3.12. The van der Waals surface area contributed by atoms with Crippen LogP contribution in [0.3, 0.4) is 0 Å². The highest BCUT2D eigenvalue weighted by Gasteiger charge is 2.19. The van der Waals surface area contributed by atoms with Crippen molar-refractivity contribution in [2.75, 3.05) is 39.4 Å². The summed E-state index contributed by atoms with van der Waals surface area (Å²) in [4.78, 5) is 13.8. The Bertz CT molecular complexity index is 259. The van der Waals surface area contributed by atoms with Crippen molar-refractivity contribution < 1.29 is 18.3 Å². The van der Waals surface area contributed by atoms with E-state index >= 15 is 0 Å². The van der Waals surface area contributed by atoms with E-state index in [1.165, 1.54) is 0 Å². The second-order valence-corrected chi connectivity index (χ2v) is 4.69. The van der Waals surface area contributed by atoms with E-state index in [0.717, 1.165) is 32.5 Å². The van der Waals surface area contributed by atoms with Crippen LogP contribution in [0.2, 0.25) is 0 Å². The molecule has 0 aromatic carbocycles. The minimum absolute atomic E-state index is 0.0438. The maximum atomic E-state index is 11.8. The third kappa shape index (κ3) is 7.39. The number of ether oxygens (including phenoxy) is 1. The number of nitrogens with two attached hydrogens (primary N) is 1. The third-order valence-corrected chi connectivity index (χ3v) is 3.12. The van der Waals surface area contributed by atoms with Gasteiger partial charge in [-0.2, -0.15) is 0 Å². The van der Waals surface area contributed by atoms with Crippen molar-refractivity contribution in [3.8, 4) is 0 Å². The van der Waals surface area contributed by atoms with E-state index in [4.69, 9.17) is 5.73 Å². The summed E-state index contributed by atoms with van der Waals surface area (Å²) in [5, 5.41) is 2.91. The maximum absolute atomic E-state index is 11.8. The molecule has 19 heavy (non-hydrogen) atoms. The van der Waals surface area contributed by atoms with Gasteiger partial charge in [0.1, 0.15) is 6.61 Å². The second kappa shape index (κ2) is 9.17. The molecule has 0 radical (unpaired) electrons. The Morgan fingerprint density at radius 1 is 1.42 bits per heavy atom. The van der Waals surface area contributed by atoms with Gasteiger partial charge in [-0.3, -0.25) is 4.79 Å². The number of hydrogen-bond donors (Lipinski definition) is 2. The lowest BCUT2D eigenvalue weighted by molar-refractivity contribution is -0.123. The Morgan fingerprint density at radius 2 is 2.11 bits per heavy atom. The summed E-state index contributed by atoms with van der Waals surface area (Å²) < 4.78 is 28.3. The van der Waals surface area contributed by atoms with E-state index in [1.54, 1.807) is 0 Å². The highest BCUT2D eigenvalue weighted by atomic mass is 19.3. The molecule has 0 spiro atoms. The van der Waals surface area contributed by atoms with Crippen LogP contribution in [0.1, 0.15) is 19.3 Å². The van der Waals surface area contributed by atoms with Crippen molar-refractivity contribution in [1.29, 1.82) is 0 Å². The van der Waals surface area contributed by atoms with Crippen LogP contribution in [0.25, 0.3) is 0 Å². The normalized spacial score (nSPS) is 17.9. The van der Waals surface area contributed by atoms with Crippen LogP contribution in [0.15, 0.2) is 0 Å². The number of carbonyl (C=O) groups is 1. The summed E-state index contributed by atoms with van der Waals surface area (Å²) in [6.07, 6.45) is -0.529. The quantitative estimate of drug-likeness (QED) is 0.623. The molecule has 0 bridgehead atoms. The van der Waals surface area contributed by atoms with Gasteiger partial charge in [0.2, 0.25) is 5.91 Å². The van der Waals surface area contributed by atoms with Gasteiger partial charge in [0, 0.05) is 38.6 Å². The highest BCUT2D eigenvalue weighted by molar-refractivity contribution is 5.76. The van der Waals surface area contributed by atoms with Crippen molar-refractivity contribution in [3.05, 3.63) is 0 Å². The zero-order valence-electron chi connectivity index (χ0n) is 11.1. The van der Waals surface area contributed by atoms with Crippen LogP contribution in [-0.2, 0) is 9.53 Å². The second-order valence-electron chi connectivity index (χ2n) is 4.69. The molecule has 3 N–H and O–H groups in total. The van der Waals surface area contributed by atoms with Crippen LogP contribution < -0.4 is 11.1 Å². The molecular weight excluding hydrogens is 256 g/mol. The number of carbonyl (C=O) groups excluding carboxylic acids is 1. The van der Waals surface area contributed by atoms with Gasteiger partial charge >= 0.3 is 0 Å². The molecule has 0 aromatic rings. The van der Waals surface area contributed by atoms with Crippen molar-refractivity contribution >= 4 is 5.91 Å². The van der Waals surface area contributed by atoms with Crippen molar-refractivity contribution in [1.82, 2.24) is 10.2 Å². The summed E-state index contributed by atoms with van der Waals surface area (Å²) in [5.41, 5.74) is 5.49. The Kier molecular flexibility index (Phi) is 7.85. The number of rotatable bonds is 8. The zero-order chi connectivity index (χ0) is 14.1. The van der Waals surface area contributed by atoms with Crippen molar-refractivity contribution in [2.24, 2.45) is 5.73 Å². The molecule has 1 aliphatic rings. The number of piperidine rings is 1. The van der Waals surface area contributed by atoms with Gasteiger partial charge in [0.15, 0.2) is 0 Å². The number of alkyl halides is 2. The van der Waals surface area contributed by atoms with Crippen LogP contribution in [0, 0.1) is 0 Å². The predicted octanol–water partition coefficient (Wildman–Crippen LogP) is 0.198. The first-order chi connectivity index (χ1) is 9.11. The summed E-state index contributed by atoms with van der Waals surface area (Å²) in [6.45, 7) is 2.85. The number of amides is 1. The summed E-state index contributed by atoms with van der Waals surface area (Å²) in [7, 11) is 0. The fourth-order valence-electron chi connectivity index (χ4n) is 2.12. The van der Waals surface area contributed by atoms with E-state index in [9.17, 15) is 13.6 Å². The van der Waals surface area contributed by atoms with Crippen LogP contribution >= 0.6 is 0 Å². The first-order valence-electron chi connectivity index (χ1n) is 6.69. The topological polar surface area (TPSA) is 67.6 Å². The van der Waals surface area contributed by atoms with E-state index in [0.29, 0.717) is 6.54 Å². The molecule has 1 aliphatic heterocycles. The fourth-order valence-corrected chi connectivity index (χ4v) is 2.12. The molecule has 1 fully saturated rings. The van der Waals surface area contributed by atoms with Gasteiger partial charge < -0.3 is 20.7 Å². The first kappa shape index (κ1) is 16.3. The molecule has 1 heterocycles. The van der Waals surface area contributed by atoms with Crippen LogP contribution in [-0.4, -0.2) is 62.7 Å². The Morgan fingerprint density at radius 3 is 2.68 bits per heavy atom. The molecule has 112 valence electrons. The van der Waals surface area contributed by atoms with Gasteiger partial charge in [-0.25, -0.2) is 8.78 Å². The number of hydrogen-bond acceptors (Lipinski definition) is 4. The largest absolute Gasteiger partial charge is 0.375 e. The van der Waals surface area contributed by atoms with Gasteiger partial charge in [0.25, 0.3) is 6.43 Å². The first-order valence-corrected chi connectivity index (χ1v) is 6.69. The Hall–Kier alpha value is -0.790. The van der Waals surface area contributed by atoms with E-state index in [2.05, 4.69) is 15.0 Å². The molecule has 7 heteroatoms. The standard InChI is InChI=1S/C12H23F2N3O2/c13-11(14)9-19-8-3-12(18)16-10-1-5-17(6-2-10)7-4-15/h10-11H,1-9,15H2,(H,16,18). The van der Waals surface area contributed by atoms with E-state index < -0.39 is 13.0 Å². The molecule has 1 saturated heterocycles. The number of likely N-dealkylation sites (tertiary alicyclic amines) is 1. The average Bonchev–Trinajstić information content (AvgIpc) is 2.37. The molecule has 1 rings (SSSR count). The molecule has 1 amide bonds. The van der Waals surface area contributed by atoms with Gasteiger partial charge in [-0.15, -0.1) is 0 Å². The van der Waals surface area contributed by atoms with E-state index in [-0.39, 0.29) is 25.0 Å². The molecule has 5 nitrogen and oxygen atoms in total. The molecule has 0 atom stereocenters. The monoisotopic (exact) mass is 279 g/mol. The minimum atomic E-state index is -2.48. The number of halogens is 2.